The number of halogens is 1. The van der Waals surface area contributed by atoms with Crippen molar-refractivity contribution >= 4 is 11.6 Å². The Labute approximate surface area is 104 Å². The van der Waals surface area contributed by atoms with Gasteiger partial charge in [-0.05, 0) is 48.6 Å². The minimum Gasteiger partial charge on any atom is -0.122 e. The first-order valence-corrected chi connectivity index (χ1v) is 7.01. The van der Waals surface area contributed by atoms with Gasteiger partial charge in [0.15, 0.2) is 0 Å². The summed E-state index contributed by atoms with van der Waals surface area (Å²) in [4.78, 5) is 0. The fourth-order valence-electron chi connectivity index (χ4n) is 2.78. The first kappa shape index (κ1) is 12.0. The highest BCUT2D eigenvalue weighted by molar-refractivity contribution is 6.17. The van der Waals surface area contributed by atoms with Crippen molar-refractivity contribution in [2.45, 2.75) is 50.8 Å². The smallest absolute Gasteiger partial charge is 0.0474 e. The van der Waals surface area contributed by atoms with Crippen molar-refractivity contribution in [3.05, 3.63) is 35.4 Å². The van der Waals surface area contributed by atoms with Gasteiger partial charge in [0.1, 0.15) is 0 Å². The van der Waals surface area contributed by atoms with Crippen molar-refractivity contribution in [1.82, 2.24) is 0 Å². The van der Waals surface area contributed by atoms with Crippen LogP contribution in [0, 0.1) is 5.92 Å². The molecule has 1 aliphatic rings. The molecule has 0 saturated heterocycles. The molecule has 88 valence electrons. The first-order chi connectivity index (χ1) is 7.83. The first-order valence-electron chi connectivity index (χ1n) is 6.48. The summed E-state index contributed by atoms with van der Waals surface area (Å²) in [7, 11) is 0. The molecule has 1 aromatic carbocycles. The Hall–Kier alpha value is -0.490. The Morgan fingerprint density at radius 2 is 1.69 bits per heavy atom. The second-order valence-corrected chi connectivity index (χ2v) is 5.27. The number of hydrogen-bond acceptors (Lipinski definition) is 0. The van der Waals surface area contributed by atoms with Crippen LogP contribution in [0.4, 0.5) is 0 Å². The second kappa shape index (κ2) is 5.72. The lowest BCUT2D eigenvalue weighted by atomic mass is 9.78. The van der Waals surface area contributed by atoms with Crippen LogP contribution in [0.2, 0.25) is 0 Å². The van der Waals surface area contributed by atoms with Crippen molar-refractivity contribution in [1.29, 1.82) is 0 Å². The van der Waals surface area contributed by atoms with Crippen LogP contribution in [-0.2, 0) is 5.88 Å². The third-order valence-electron chi connectivity index (χ3n) is 4.03. The van der Waals surface area contributed by atoms with E-state index >= 15 is 0 Å². The van der Waals surface area contributed by atoms with Crippen LogP contribution in [-0.4, -0.2) is 0 Å². The number of benzene rings is 1. The highest BCUT2D eigenvalue weighted by Gasteiger charge is 2.20. The van der Waals surface area contributed by atoms with Gasteiger partial charge in [-0.15, -0.1) is 11.6 Å². The highest BCUT2D eigenvalue weighted by atomic mass is 35.5. The summed E-state index contributed by atoms with van der Waals surface area (Å²) in [5.74, 6) is 2.41. The van der Waals surface area contributed by atoms with Crippen LogP contribution in [0.5, 0.6) is 0 Å². The maximum Gasteiger partial charge on any atom is 0.0474 e. The predicted molar refractivity (Wildman–Crippen MR) is 71.0 cm³/mol. The molecule has 0 aliphatic heterocycles. The molecule has 0 aromatic heterocycles. The normalized spacial score (nSPS) is 25.6. The van der Waals surface area contributed by atoms with E-state index in [0.717, 1.165) is 11.8 Å². The molecule has 0 nitrogen and oxygen atoms in total. The Morgan fingerprint density at radius 3 is 2.19 bits per heavy atom. The fourth-order valence-corrected chi connectivity index (χ4v) is 2.96. The second-order valence-electron chi connectivity index (χ2n) is 5.00. The molecule has 0 heterocycles. The molecule has 0 spiro atoms. The van der Waals surface area contributed by atoms with Crippen LogP contribution in [0.3, 0.4) is 0 Å². The van der Waals surface area contributed by atoms with Gasteiger partial charge in [-0.2, -0.15) is 0 Å². The van der Waals surface area contributed by atoms with Gasteiger partial charge in [-0.3, -0.25) is 0 Å². The Balaban J connectivity index is 1.97. The quantitative estimate of drug-likeness (QED) is 0.640. The monoisotopic (exact) mass is 236 g/mol. The fraction of sp³-hybridized carbons (Fsp3) is 0.600. The maximum atomic E-state index is 5.80. The van der Waals surface area contributed by atoms with Crippen molar-refractivity contribution in [3.63, 3.8) is 0 Å². The molecule has 0 radical (unpaired) electrons. The van der Waals surface area contributed by atoms with Crippen LogP contribution in [0.1, 0.15) is 56.1 Å². The van der Waals surface area contributed by atoms with E-state index in [1.54, 1.807) is 0 Å². The molecule has 0 amide bonds. The molecule has 0 unspecified atom stereocenters. The topological polar surface area (TPSA) is 0 Å². The molecule has 16 heavy (non-hydrogen) atoms. The van der Waals surface area contributed by atoms with E-state index in [0.29, 0.717) is 5.88 Å². The van der Waals surface area contributed by atoms with E-state index in [2.05, 4.69) is 31.2 Å². The van der Waals surface area contributed by atoms with Crippen LogP contribution < -0.4 is 0 Å². The molecular weight excluding hydrogens is 216 g/mol. The van der Waals surface area contributed by atoms with E-state index in [1.165, 1.54) is 43.2 Å². The number of hydrogen-bond donors (Lipinski definition) is 0. The third-order valence-corrected chi connectivity index (χ3v) is 4.34. The van der Waals surface area contributed by atoms with Crippen LogP contribution >= 0.6 is 11.6 Å². The van der Waals surface area contributed by atoms with Crippen LogP contribution in [0.15, 0.2) is 24.3 Å². The van der Waals surface area contributed by atoms with Gasteiger partial charge in [-0.25, -0.2) is 0 Å². The summed E-state index contributed by atoms with van der Waals surface area (Å²) in [6, 6.07) is 8.89. The van der Waals surface area contributed by atoms with Gasteiger partial charge in [0, 0.05) is 5.88 Å². The molecule has 1 heteroatoms. The molecule has 1 aromatic rings. The van der Waals surface area contributed by atoms with Gasteiger partial charge in [-0.1, -0.05) is 37.6 Å². The standard InChI is InChI=1S/C15H21Cl/c1-2-12-3-7-14(8-4-12)15-9-5-13(11-16)6-10-15/h5-6,9-10,12,14H,2-4,7-8,11H2,1H3/t12-,14-. The highest BCUT2D eigenvalue weighted by Crippen LogP contribution is 2.36. The Bertz CT molecular complexity index is 307. The average molecular weight is 237 g/mol. The summed E-state index contributed by atoms with van der Waals surface area (Å²) in [6.45, 7) is 2.32. The lowest BCUT2D eigenvalue weighted by molar-refractivity contribution is 0.319. The third kappa shape index (κ3) is 2.79. The Morgan fingerprint density at radius 1 is 1.06 bits per heavy atom. The molecule has 1 saturated carbocycles. The van der Waals surface area contributed by atoms with E-state index < -0.39 is 0 Å². The molecule has 1 aliphatic carbocycles. The van der Waals surface area contributed by atoms with Gasteiger partial charge < -0.3 is 0 Å². The van der Waals surface area contributed by atoms with E-state index in [-0.39, 0.29) is 0 Å². The van der Waals surface area contributed by atoms with E-state index in [9.17, 15) is 0 Å². The molecule has 0 bridgehead atoms. The SMILES string of the molecule is CC[C@H]1CC[C@H](c2ccc(CCl)cc2)CC1. The zero-order chi connectivity index (χ0) is 11.4. The summed E-state index contributed by atoms with van der Waals surface area (Å²) in [5, 5.41) is 0. The van der Waals surface area contributed by atoms with Crippen molar-refractivity contribution in [2.75, 3.05) is 0 Å². The molecule has 2 rings (SSSR count). The van der Waals surface area contributed by atoms with Gasteiger partial charge in [0.25, 0.3) is 0 Å². The minimum atomic E-state index is 0.628. The van der Waals surface area contributed by atoms with Crippen molar-refractivity contribution in [2.24, 2.45) is 5.92 Å². The van der Waals surface area contributed by atoms with E-state index in [4.69, 9.17) is 11.6 Å². The number of rotatable bonds is 3. The lowest BCUT2D eigenvalue weighted by Gasteiger charge is -2.28. The molecule has 1 fully saturated rings. The lowest BCUT2D eigenvalue weighted by Crippen LogP contribution is -2.12. The molecular formula is C15H21Cl. The predicted octanol–water partition coefficient (Wildman–Crippen LogP) is 5.11. The summed E-state index contributed by atoms with van der Waals surface area (Å²) >= 11 is 5.80. The zero-order valence-electron chi connectivity index (χ0n) is 10.1. The largest absolute Gasteiger partial charge is 0.122 e. The van der Waals surface area contributed by atoms with Gasteiger partial charge >= 0.3 is 0 Å². The minimum absolute atomic E-state index is 0.628. The summed E-state index contributed by atoms with van der Waals surface area (Å²) in [5.41, 5.74) is 2.75. The Kier molecular flexibility index (Phi) is 4.29. The molecule has 0 atom stereocenters. The average Bonchev–Trinajstić information content (AvgIpc) is 2.39. The van der Waals surface area contributed by atoms with Crippen molar-refractivity contribution in [3.8, 4) is 0 Å². The van der Waals surface area contributed by atoms with Crippen LogP contribution in [0.25, 0.3) is 0 Å². The van der Waals surface area contributed by atoms with Gasteiger partial charge in [0.2, 0.25) is 0 Å². The van der Waals surface area contributed by atoms with Crippen molar-refractivity contribution < 1.29 is 0 Å². The maximum absolute atomic E-state index is 5.80. The van der Waals surface area contributed by atoms with E-state index in [1.807, 2.05) is 0 Å². The summed E-state index contributed by atoms with van der Waals surface area (Å²) < 4.78 is 0. The zero-order valence-corrected chi connectivity index (χ0v) is 10.8. The van der Waals surface area contributed by atoms with Gasteiger partial charge in [0.05, 0.1) is 0 Å². The number of alkyl halides is 1. The summed E-state index contributed by atoms with van der Waals surface area (Å²) in [6.07, 6.45) is 6.94. The molecule has 0 N–H and O–H groups in total.